The molecule has 0 atom stereocenters. The number of nitrogens with zero attached hydrogens (tertiary/aromatic N) is 1. The lowest BCUT2D eigenvalue weighted by atomic mass is 10.2. The summed E-state index contributed by atoms with van der Waals surface area (Å²) in [5.74, 6) is 0.295. The summed E-state index contributed by atoms with van der Waals surface area (Å²) in [6.45, 7) is 0.356. The summed E-state index contributed by atoms with van der Waals surface area (Å²) in [7, 11) is 3.28. The number of nitrogens with one attached hydrogen (secondary N) is 1. The molecule has 2 rings (SSSR count). The van der Waals surface area contributed by atoms with Crippen molar-refractivity contribution in [3.63, 3.8) is 0 Å². The molecule has 0 aliphatic rings. The van der Waals surface area contributed by atoms with Crippen molar-refractivity contribution in [2.24, 2.45) is 0 Å². The minimum absolute atomic E-state index is 0.0934. The minimum Gasteiger partial charge on any atom is -0.497 e. The molecule has 0 fully saturated rings. The monoisotopic (exact) mass is 380 g/mol. The van der Waals surface area contributed by atoms with Crippen LogP contribution in [-0.4, -0.2) is 37.4 Å². The first-order valence-electron chi connectivity index (χ1n) is 6.90. The summed E-state index contributed by atoms with van der Waals surface area (Å²) in [5.41, 5.74) is 0.975. The van der Waals surface area contributed by atoms with Crippen molar-refractivity contribution < 1.29 is 18.7 Å². The Bertz CT molecular complexity index is 682. The Hall–Kier alpha value is -2.28. The third-order valence-corrected chi connectivity index (χ3v) is 3.63. The first-order valence-corrected chi connectivity index (χ1v) is 7.69. The highest BCUT2D eigenvalue weighted by molar-refractivity contribution is 9.10. The largest absolute Gasteiger partial charge is 0.497 e. The molecule has 1 N–H and O–H groups in total. The molecule has 1 heterocycles. The average molecular weight is 381 g/mol. The number of hydrogen-bond donors (Lipinski definition) is 1. The molecule has 0 unspecified atom stereocenters. The smallest absolute Gasteiger partial charge is 0.287 e. The fourth-order valence-corrected chi connectivity index (χ4v) is 2.21. The number of benzene rings is 1. The second-order valence-electron chi connectivity index (χ2n) is 4.88. The molecule has 0 saturated carbocycles. The molecule has 0 bridgehead atoms. The maximum absolute atomic E-state index is 12.1. The number of ether oxygens (including phenoxy) is 1. The SMILES string of the molecule is COc1ccc(CN(C)C(=O)CNC(=O)c2ccc(Br)o2)cc1. The molecule has 0 spiro atoms. The summed E-state index contributed by atoms with van der Waals surface area (Å²) in [4.78, 5) is 25.4. The number of furan rings is 1. The number of likely N-dealkylation sites (N-methyl/N-ethyl adjacent to an activating group) is 1. The van der Waals surface area contributed by atoms with Gasteiger partial charge in [-0.2, -0.15) is 0 Å². The van der Waals surface area contributed by atoms with Crippen LogP contribution < -0.4 is 10.1 Å². The Balaban J connectivity index is 1.83. The Morgan fingerprint density at radius 2 is 1.91 bits per heavy atom. The number of rotatable bonds is 6. The molecule has 23 heavy (non-hydrogen) atoms. The van der Waals surface area contributed by atoms with Crippen LogP contribution in [0.1, 0.15) is 16.1 Å². The molecule has 0 aliphatic heterocycles. The lowest BCUT2D eigenvalue weighted by Crippen LogP contribution is -2.37. The number of hydrogen-bond acceptors (Lipinski definition) is 4. The van der Waals surface area contributed by atoms with Crippen LogP contribution >= 0.6 is 15.9 Å². The molecule has 0 aliphatic carbocycles. The topological polar surface area (TPSA) is 71.8 Å². The molecular weight excluding hydrogens is 364 g/mol. The fourth-order valence-electron chi connectivity index (χ4n) is 1.91. The summed E-state index contributed by atoms with van der Waals surface area (Å²) < 4.78 is 10.7. The van der Waals surface area contributed by atoms with Gasteiger partial charge in [0.05, 0.1) is 13.7 Å². The highest BCUT2D eigenvalue weighted by Crippen LogP contribution is 2.14. The van der Waals surface area contributed by atoms with Crippen LogP contribution in [0.4, 0.5) is 0 Å². The van der Waals surface area contributed by atoms with Crippen LogP contribution in [0.5, 0.6) is 5.75 Å². The number of carbonyl (C=O) groups is 2. The van der Waals surface area contributed by atoms with E-state index in [9.17, 15) is 9.59 Å². The Kier molecular flexibility index (Phi) is 5.81. The maximum Gasteiger partial charge on any atom is 0.287 e. The van der Waals surface area contributed by atoms with Gasteiger partial charge >= 0.3 is 0 Å². The second-order valence-corrected chi connectivity index (χ2v) is 5.67. The van der Waals surface area contributed by atoms with Crippen molar-refractivity contribution in [1.82, 2.24) is 10.2 Å². The lowest BCUT2D eigenvalue weighted by molar-refractivity contribution is -0.129. The molecule has 2 aromatic rings. The first kappa shape index (κ1) is 17.1. The van der Waals surface area contributed by atoms with Gasteiger partial charge in [0.2, 0.25) is 5.91 Å². The molecule has 1 aromatic heterocycles. The zero-order valence-corrected chi connectivity index (χ0v) is 14.4. The quantitative estimate of drug-likeness (QED) is 0.835. The van der Waals surface area contributed by atoms with Gasteiger partial charge in [-0.3, -0.25) is 9.59 Å². The van der Waals surface area contributed by atoms with Crippen molar-refractivity contribution in [2.75, 3.05) is 20.7 Å². The summed E-state index contributed by atoms with van der Waals surface area (Å²) in [6, 6.07) is 10.6. The molecular formula is C16H17BrN2O4. The number of halogens is 1. The number of amides is 2. The Labute approximate surface area is 142 Å². The van der Waals surface area contributed by atoms with Gasteiger partial charge in [-0.15, -0.1) is 0 Å². The van der Waals surface area contributed by atoms with E-state index in [0.717, 1.165) is 11.3 Å². The van der Waals surface area contributed by atoms with Gasteiger partial charge in [-0.1, -0.05) is 12.1 Å². The molecule has 1 aromatic carbocycles. The van der Waals surface area contributed by atoms with Gasteiger partial charge in [-0.05, 0) is 45.8 Å². The van der Waals surface area contributed by atoms with Crippen molar-refractivity contribution in [3.05, 3.63) is 52.4 Å². The highest BCUT2D eigenvalue weighted by Gasteiger charge is 2.14. The predicted octanol–water partition coefficient (Wildman–Crippen LogP) is 2.44. The van der Waals surface area contributed by atoms with Crippen LogP contribution in [0.2, 0.25) is 0 Å². The van der Waals surface area contributed by atoms with Crippen molar-refractivity contribution in [2.45, 2.75) is 6.54 Å². The fraction of sp³-hybridized carbons (Fsp3) is 0.250. The maximum atomic E-state index is 12.1. The number of methoxy groups -OCH3 is 1. The first-order chi connectivity index (χ1) is 11.0. The molecule has 2 amide bonds. The van der Waals surface area contributed by atoms with E-state index < -0.39 is 5.91 Å². The number of carbonyl (C=O) groups excluding carboxylic acids is 2. The standard InChI is InChI=1S/C16H17BrN2O4/c1-19(10-11-3-5-12(22-2)6-4-11)15(20)9-18-16(21)13-7-8-14(17)23-13/h3-8H,9-10H2,1-2H3,(H,18,21). The van der Waals surface area contributed by atoms with E-state index in [4.69, 9.17) is 9.15 Å². The van der Waals surface area contributed by atoms with Gasteiger partial charge in [0.1, 0.15) is 5.75 Å². The van der Waals surface area contributed by atoms with Gasteiger partial charge in [0.25, 0.3) is 5.91 Å². The zero-order chi connectivity index (χ0) is 16.8. The van der Waals surface area contributed by atoms with Crippen molar-refractivity contribution in [3.8, 4) is 5.75 Å². The van der Waals surface area contributed by atoms with E-state index in [2.05, 4.69) is 21.2 Å². The Morgan fingerprint density at radius 3 is 2.48 bits per heavy atom. The van der Waals surface area contributed by atoms with Crippen LogP contribution in [0.15, 0.2) is 45.5 Å². The molecule has 6 nitrogen and oxygen atoms in total. The van der Waals surface area contributed by atoms with E-state index in [1.165, 1.54) is 6.07 Å². The van der Waals surface area contributed by atoms with E-state index >= 15 is 0 Å². The zero-order valence-electron chi connectivity index (χ0n) is 12.8. The summed E-state index contributed by atoms with van der Waals surface area (Å²) in [5, 5.41) is 2.53. The van der Waals surface area contributed by atoms with E-state index in [-0.39, 0.29) is 18.2 Å². The van der Waals surface area contributed by atoms with Crippen LogP contribution in [0, 0.1) is 0 Å². The van der Waals surface area contributed by atoms with Gasteiger partial charge in [-0.25, -0.2) is 0 Å². The third-order valence-electron chi connectivity index (χ3n) is 3.20. The predicted molar refractivity (Wildman–Crippen MR) is 88.2 cm³/mol. The van der Waals surface area contributed by atoms with Crippen molar-refractivity contribution >= 4 is 27.7 Å². The van der Waals surface area contributed by atoms with Crippen LogP contribution in [0.25, 0.3) is 0 Å². The average Bonchev–Trinajstić information content (AvgIpc) is 2.99. The lowest BCUT2D eigenvalue weighted by Gasteiger charge is -2.17. The summed E-state index contributed by atoms with van der Waals surface area (Å²) in [6.07, 6.45) is 0. The Morgan fingerprint density at radius 1 is 1.22 bits per heavy atom. The summed E-state index contributed by atoms with van der Waals surface area (Å²) >= 11 is 3.12. The van der Waals surface area contributed by atoms with Gasteiger partial charge < -0.3 is 19.4 Å². The van der Waals surface area contributed by atoms with Crippen LogP contribution in [0.3, 0.4) is 0 Å². The van der Waals surface area contributed by atoms with E-state index in [1.807, 2.05) is 24.3 Å². The molecule has 0 radical (unpaired) electrons. The molecule has 122 valence electrons. The van der Waals surface area contributed by atoms with Gasteiger partial charge in [0, 0.05) is 13.6 Å². The van der Waals surface area contributed by atoms with Crippen molar-refractivity contribution in [1.29, 1.82) is 0 Å². The van der Waals surface area contributed by atoms with Gasteiger partial charge in [0.15, 0.2) is 10.4 Å². The highest BCUT2D eigenvalue weighted by atomic mass is 79.9. The van der Waals surface area contributed by atoms with E-state index in [1.54, 1.807) is 25.1 Å². The third kappa shape index (κ3) is 4.85. The minimum atomic E-state index is -0.429. The molecule has 7 heteroatoms. The molecule has 0 saturated heterocycles. The second kappa shape index (κ2) is 7.82. The van der Waals surface area contributed by atoms with Crippen LogP contribution in [-0.2, 0) is 11.3 Å². The normalized spacial score (nSPS) is 10.2. The van der Waals surface area contributed by atoms with E-state index in [0.29, 0.717) is 11.2 Å².